The molecular weight excluding hydrogens is 547 g/mol. The zero-order valence-electron chi connectivity index (χ0n) is 23.8. The highest BCUT2D eigenvalue weighted by Crippen LogP contribution is 2.23. The fraction of sp³-hybridized carbons (Fsp3) is 0.171. The van der Waals surface area contributed by atoms with Crippen LogP contribution in [0, 0.1) is 5.82 Å². The van der Waals surface area contributed by atoms with E-state index in [1.807, 2.05) is 6.07 Å². The SMILES string of the molecule is C=C(C)C(=O)N(CCCOc1ccc(C[C@H](Nc2ccccc2C(=O)c2ccccc2)C(=O)O)cc1)c1ccccc1F. The molecule has 0 heterocycles. The molecule has 7 nitrogen and oxygen atoms in total. The van der Waals surface area contributed by atoms with E-state index in [9.17, 15) is 23.9 Å². The summed E-state index contributed by atoms with van der Waals surface area (Å²) in [6, 6.07) is 27.8. The number of nitrogens with zero attached hydrogens (tertiary/aromatic N) is 1. The first-order valence-corrected chi connectivity index (χ1v) is 13.9. The van der Waals surface area contributed by atoms with Gasteiger partial charge >= 0.3 is 5.97 Å². The van der Waals surface area contributed by atoms with Gasteiger partial charge in [-0.05, 0) is 55.3 Å². The van der Waals surface area contributed by atoms with Gasteiger partial charge in [-0.2, -0.15) is 0 Å². The number of nitrogens with one attached hydrogen (secondary N) is 1. The molecule has 4 aromatic carbocycles. The molecule has 0 saturated carbocycles. The Morgan fingerprint density at radius 2 is 1.56 bits per heavy atom. The number of carbonyl (C=O) groups is 3. The van der Waals surface area contributed by atoms with Crippen LogP contribution < -0.4 is 15.0 Å². The molecule has 0 aromatic heterocycles. The summed E-state index contributed by atoms with van der Waals surface area (Å²) in [7, 11) is 0. The molecule has 2 N–H and O–H groups in total. The molecule has 0 aliphatic rings. The number of carbonyl (C=O) groups excluding carboxylic acids is 2. The van der Waals surface area contributed by atoms with Gasteiger partial charge in [0.05, 0.1) is 12.3 Å². The first-order valence-electron chi connectivity index (χ1n) is 13.9. The van der Waals surface area contributed by atoms with Crippen molar-refractivity contribution in [1.29, 1.82) is 0 Å². The molecule has 0 fully saturated rings. The van der Waals surface area contributed by atoms with E-state index in [-0.39, 0.29) is 37.0 Å². The molecule has 0 radical (unpaired) electrons. The summed E-state index contributed by atoms with van der Waals surface area (Å²) in [6.45, 7) is 5.80. The van der Waals surface area contributed by atoms with Crippen molar-refractivity contribution in [1.82, 2.24) is 0 Å². The van der Waals surface area contributed by atoms with Gasteiger partial charge in [-0.25, -0.2) is 9.18 Å². The maximum absolute atomic E-state index is 14.4. The summed E-state index contributed by atoms with van der Waals surface area (Å²) < 4.78 is 20.2. The average Bonchev–Trinajstić information content (AvgIpc) is 3.02. The quantitative estimate of drug-likeness (QED) is 0.0999. The van der Waals surface area contributed by atoms with Crippen LogP contribution in [0.4, 0.5) is 15.8 Å². The molecule has 0 aliphatic carbocycles. The van der Waals surface area contributed by atoms with Crippen molar-refractivity contribution in [2.24, 2.45) is 0 Å². The van der Waals surface area contributed by atoms with E-state index < -0.39 is 17.8 Å². The van der Waals surface area contributed by atoms with Crippen LogP contribution in [0.1, 0.15) is 34.8 Å². The van der Waals surface area contributed by atoms with Crippen LogP contribution in [0.5, 0.6) is 5.75 Å². The highest BCUT2D eigenvalue weighted by atomic mass is 19.1. The number of halogens is 1. The minimum Gasteiger partial charge on any atom is -0.494 e. The number of carboxylic acid groups (broad SMARTS) is 1. The summed E-state index contributed by atoms with van der Waals surface area (Å²) in [6.07, 6.45) is 0.616. The van der Waals surface area contributed by atoms with Gasteiger partial charge in [-0.15, -0.1) is 0 Å². The number of amides is 1. The second kappa shape index (κ2) is 14.6. The lowest BCUT2D eigenvalue weighted by Gasteiger charge is -2.23. The van der Waals surface area contributed by atoms with E-state index in [0.717, 1.165) is 5.56 Å². The van der Waals surface area contributed by atoms with Crippen molar-refractivity contribution in [3.63, 3.8) is 0 Å². The predicted octanol–water partition coefficient (Wildman–Crippen LogP) is 6.54. The number of carboxylic acids is 1. The second-order valence-electron chi connectivity index (χ2n) is 10.0. The number of benzene rings is 4. The van der Waals surface area contributed by atoms with Crippen LogP contribution in [-0.2, 0) is 16.0 Å². The third kappa shape index (κ3) is 8.16. The topological polar surface area (TPSA) is 95.9 Å². The zero-order valence-corrected chi connectivity index (χ0v) is 23.8. The van der Waals surface area contributed by atoms with E-state index in [1.165, 1.54) is 11.0 Å². The third-order valence-electron chi connectivity index (χ3n) is 6.75. The van der Waals surface area contributed by atoms with Gasteiger partial charge in [-0.3, -0.25) is 9.59 Å². The fourth-order valence-electron chi connectivity index (χ4n) is 4.54. The molecule has 1 amide bonds. The van der Waals surface area contributed by atoms with Crippen LogP contribution in [0.2, 0.25) is 0 Å². The van der Waals surface area contributed by atoms with Gasteiger partial charge < -0.3 is 20.1 Å². The molecular formula is C35H33FN2O5. The van der Waals surface area contributed by atoms with Crippen molar-refractivity contribution in [3.05, 3.63) is 138 Å². The molecule has 0 spiro atoms. The number of ketones is 1. The Morgan fingerprint density at radius 1 is 0.907 bits per heavy atom. The Hall–Kier alpha value is -5.24. The van der Waals surface area contributed by atoms with Crippen LogP contribution in [-0.4, -0.2) is 42.0 Å². The first-order chi connectivity index (χ1) is 20.7. The summed E-state index contributed by atoms with van der Waals surface area (Å²) in [5, 5.41) is 13.0. The smallest absolute Gasteiger partial charge is 0.326 e. The van der Waals surface area contributed by atoms with E-state index in [1.54, 1.807) is 97.9 Å². The maximum Gasteiger partial charge on any atom is 0.326 e. The number of anilines is 2. The Bertz CT molecular complexity index is 1590. The monoisotopic (exact) mass is 580 g/mol. The van der Waals surface area contributed by atoms with Crippen molar-refractivity contribution in [2.45, 2.75) is 25.8 Å². The Kier molecular flexibility index (Phi) is 10.4. The molecule has 1 atom stereocenters. The van der Waals surface area contributed by atoms with Gasteiger partial charge in [0, 0.05) is 35.4 Å². The normalized spacial score (nSPS) is 11.3. The van der Waals surface area contributed by atoms with Gasteiger partial charge in [-0.1, -0.05) is 73.3 Å². The maximum atomic E-state index is 14.4. The Balaban J connectivity index is 1.36. The Morgan fingerprint density at radius 3 is 2.23 bits per heavy atom. The first kappa shape index (κ1) is 30.7. The molecule has 0 unspecified atom stereocenters. The van der Waals surface area contributed by atoms with Gasteiger partial charge in [0.2, 0.25) is 0 Å². The van der Waals surface area contributed by atoms with Crippen LogP contribution in [0.25, 0.3) is 0 Å². The standard InChI is InChI=1S/C35H33FN2O5/c1-24(2)34(40)38(32-16-9-7-14-29(32)36)21-10-22-43-27-19-17-25(18-20-27)23-31(35(41)42)37-30-15-8-6-13-28(30)33(39)26-11-4-3-5-12-26/h3-9,11-20,31,37H,1,10,21-23H2,2H3,(H,41,42)/t31-/m0/s1. The van der Waals surface area contributed by atoms with Crippen molar-refractivity contribution in [2.75, 3.05) is 23.4 Å². The van der Waals surface area contributed by atoms with Crippen LogP contribution in [0.15, 0.2) is 115 Å². The molecule has 4 rings (SSSR count). The van der Waals surface area contributed by atoms with Gasteiger partial charge in [0.15, 0.2) is 5.78 Å². The molecule has 4 aromatic rings. The number of rotatable bonds is 14. The van der Waals surface area contributed by atoms with E-state index in [0.29, 0.717) is 34.6 Å². The zero-order chi connectivity index (χ0) is 30.8. The number of hydrogen-bond donors (Lipinski definition) is 2. The summed E-state index contributed by atoms with van der Waals surface area (Å²) in [5.41, 5.74) is 2.60. The highest BCUT2D eigenvalue weighted by Gasteiger charge is 2.22. The number of ether oxygens (including phenoxy) is 1. The average molecular weight is 581 g/mol. The third-order valence-corrected chi connectivity index (χ3v) is 6.75. The minimum atomic E-state index is -1.05. The number of hydrogen-bond acceptors (Lipinski definition) is 5. The van der Waals surface area contributed by atoms with Crippen molar-refractivity contribution >= 4 is 29.0 Å². The lowest BCUT2D eigenvalue weighted by molar-refractivity contribution is -0.137. The van der Waals surface area contributed by atoms with Gasteiger partial charge in [0.25, 0.3) is 5.91 Å². The second-order valence-corrected chi connectivity index (χ2v) is 10.0. The van der Waals surface area contributed by atoms with Crippen molar-refractivity contribution in [3.8, 4) is 5.75 Å². The Labute approximate surface area is 250 Å². The van der Waals surface area contributed by atoms with Crippen molar-refractivity contribution < 1.29 is 28.6 Å². The van der Waals surface area contributed by atoms with E-state index in [4.69, 9.17) is 4.74 Å². The molecule has 43 heavy (non-hydrogen) atoms. The molecule has 0 bridgehead atoms. The van der Waals surface area contributed by atoms with Crippen LogP contribution in [0.3, 0.4) is 0 Å². The number of para-hydroxylation sites is 2. The lowest BCUT2D eigenvalue weighted by atomic mass is 10.00. The molecule has 220 valence electrons. The molecule has 0 aliphatic heterocycles. The summed E-state index contributed by atoms with van der Waals surface area (Å²) >= 11 is 0. The summed E-state index contributed by atoms with van der Waals surface area (Å²) in [5.74, 6) is -1.52. The van der Waals surface area contributed by atoms with Gasteiger partial charge in [0.1, 0.15) is 17.6 Å². The molecule has 0 saturated heterocycles. The fourth-order valence-corrected chi connectivity index (χ4v) is 4.54. The minimum absolute atomic E-state index is 0.171. The van der Waals surface area contributed by atoms with E-state index >= 15 is 0 Å². The largest absolute Gasteiger partial charge is 0.494 e. The lowest BCUT2D eigenvalue weighted by Crippen LogP contribution is -2.33. The summed E-state index contributed by atoms with van der Waals surface area (Å²) in [4.78, 5) is 39.2. The number of aliphatic carboxylic acids is 1. The highest BCUT2D eigenvalue weighted by molar-refractivity contribution is 6.12. The predicted molar refractivity (Wildman–Crippen MR) is 165 cm³/mol. The van der Waals surface area contributed by atoms with E-state index in [2.05, 4.69) is 11.9 Å². The molecule has 8 heteroatoms. The van der Waals surface area contributed by atoms with Crippen LogP contribution >= 0.6 is 0 Å².